The van der Waals surface area contributed by atoms with Crippen LogP contribution in [0, 0.1) is 0 Å². The number of likely N-dealkylation sites (tertiary alicyclic amines) is 1. The first-order chi connectivity index (χ1) is 4.70. The minimum absolute atomic E-state index is 0.424. The van der Waals surface area contributed by atoms with Crippen LogP contribution in [0.25, 0.3) is 0 Å². The molecule has 0 N–H and O–H groups in total. The molecule has 1 heterocycles. The van der Waals surface area contributed by atoms with E-state index in [4.69, 9.17) is 0 Å². The molecule has 2 nitrogen and oxygen atoms in total. The van der Waals surface area contributed by atoms with Crippen LogP contribution in [0.3, 0.4) is 0 Å². The second-order valence-electron chi connectivity index (χ2n) is 2.65. The topological polar surface area (TPSA) is 20.3 Å². The van der Waals surface area contributed by atoms with E-state index in [1.54, 1.807) is 0 Å². The van der Waals surface area contributed by atoms with Crippen LogP contribution < -0.4 is 0 Å². The van der Waals surface area contributed by atoms with Crippen LogP contribution in [-0.4, -0.2) is 27.8 Å². The minimum atomic E-state index is 0.424. The van der Waals surface area contributed by atoms with Gasteiger partial charge in [0.05, 0.1) is 4.05 Å². The van der Waals surface area contributed by atoms with Crippen LogP contribution >= 0.6 is 22.6 Å². The monoisotopic (exact) mass is 253 g/mol. The van der Waals surface area contributed by atoms with E-state index in [1.165, 1.54) is 0 Å². The van der Waals surface area contributed by atoms with Crippen molar-refractivity contribution >= 4 is 28.4 Å². The zero-order chi connectivity index (χ0) is 7.56. The van der Waals surface area contributed by atoms with Crippen LogP contribution in [0.5, 0.6) is 0 Å². The van der Waals surface area contributed by atoms with Crippen molar-refractivity contribution in [2.75, 3.05) is 13.1 Å². The highest BCUT2D eigenvalue weighted by Crippen LogP contribution is 2.13. The molecule has 0 aromatic rings. The van der Waals surface area contributed by atoms with Gasteiger partial charge in [-0.15, -0.1) is 0 Å². The van der Waals surface area contributed by atoms with Crippen LogP contribution in [0.15, 0.2) is 0 Å². The fourth-order valence-corrected chi connectivity index (χ4v) is 1.69. The lowest BCUT2D eigenvalue weighted by molar-refractivity contribution is -0.121. The van der Waals surface area contributed by atoms with Crippen LogP contribution in [0.2, 0.25) is 0 Å². The molecule has 0 bridgehead atoms. The molecular weight excluding hydrogens is 241 g/mol. The van der Waals surface area contributed by atoms with E-state index in [1.807, 2.05) is 0 Å². The highest BCUT2D eigenvalue weighted by Gasteiger charge is 2.18. The molecule has 1 atom stereocenters. The van der Waals surface area contributed by atoms with Crippen molar-refractivity contribution in [3.63, 3.8) is 0 Å². The van der Waals surface area contributed by atoms with Gasteiger partial charge in [-0.25, -0.2) is 0 Å². The normalized spacial score (nSPS) is 24.8. The van der Waals surface area contributed by atoms with Gasteiger partial charge in [0, 0.05) is 25.9 Å². The Hall–Kier alpha value is 0.360. The lowest BCUT2D eigenvalue weighted by Gasteiger charge is -2.28. The number of alkyl halides is 1. The summed E-state index contributed by atoms with van der Waals surface area (Å²) in [5, 5.41) is 0. The zero-order valence-corrected chi connectivity index (χ0v) is 8.30. The summed E-state index contributed by atoms with van der Waals surface area (Å²) in [6.45, 7) is 4.09. The van der Waals surface area contributed by atoms with Gasteiger partial charge < -0.3 is 0 Å². The number of piperidine rings is 1. The maximum absolute atomic E-state index is 10.8. The number of carbonyl (C=O) groups excluding carboxylic acids is 1. The number of rotatable bonds is 1. The number of nitrogens with zero attached hydrogens (tertiary/aromatic N) is 1. The fraction of sp³-hybridized carbons (Fsp3) is 0.857. The van der Waals surface area contributed by atoms with E-state index in [0.29, 0.717) is 9.83 Å². The highest BCUT2D eigenvalue weighted by atomic mass is 127. The predicted octanol–water partition coefficient (Wildman–Crippen LogP) is 1.43. The maximum atomic E-state index is 10.8. The van der Waals surface area contributed by atoms with E-state index in [-0.39, 0.29) is 0 Å². The third-order valence-electron chi connectivity index (χ3n) is 1.86. The molecule has 1 unspecified atom stereocenters. The first-order valence-electron chi connectivity index (χ1n) is 3.60. The lowest BCUT2D eigenvalue weighted by atomic mass is 10.1. The van der Waals surface area contributed by atoms with Gasteiger partial charge in [-0.1, -0.05) is 22.6 Å². The largest absolute Gasteiger partial charge is 0.300 e. The van der Waals surface area contributed by atoms with Gasteiger partial charge in [0.15, 0.2) is 0 Å². The summed E-state index contributed by atoms with van der Waals surface area (Å²) in [4.78, 5) is 13.1. The minimum Gasteiger partial charge on any atom is -0.300 e. The van der Waals surface area contributed by atoms with Gasteiger partial charge >= 0.3 is 0 Å². The Labute approximate surface area is 75.1 Å². The summed E-state index contributed by atoms with van der Waals surface area (Å²) in [5.41, 5.74) is 0. The van der Waals surface area contributed by atoms with Gasteiger partial charge in [0.25, 0.3) is 0 Å². The predicted molar refractivity (Wildman–Crippen MR) is 49.3 cm³/mol. The summed E-state index contributed by atoms with van der Waals surface area (Å²) in [5.74, 6) is 0.424. The smallest absolute Gasteiger partial charge is 0.135 e. The fourth-order valence-electron chi connectivity index (χ4n) is 1.13. The van der Waals surface area contributed by atoms with E-state index in [0.717, 1.165) is 25.9 Å². The molecule has 0 aromatic heterocycles. The molecule has 0 saturated carbocycles. The second kappa shape index (κ2) is 3.67. The van der Waals surface area contributed by atoms with Crippen molar-refractivity contribution in [3.8, 4) is 0 Å². The van der Waals surface area contributed by atoms with Crippen molar-refractivity contribution < 1.29 is 4.79 Å². The summed E-state index contributed by atoms with van der Waals surface area (Å²) in [6.07, 6.45) is 1.51. The average molecular weight is 253 g/mol. The van der Waals surface area contributed by atoms with E-state index in [9.17, 15) is 4.79 Å². The Morgan fingerprint density at radius 3 is 2.40 bits per heavy atom. The Kier molecular flexibility index (Phi) is 3.10. The Balaban J connectivity index is 2.33. The Morgan fingerprint density at radius 1 is 1.50 bits per heavy atom. The van der Waals surface area contributed by atoms with Gasteiger partial charge in [-0.2, -0.15) is 0 Å². The SMILES string of the molecule is CC(I)N1CCC(=O)CC1. The molecule has 0 amide bonds. The molecule has 0 aliphatic carbocycles. The van der Waals surface area contributed by atoms with Gasteiger partial charge in [-0.05, 0) is 6.92 Å². The van der Waals surface area contributed by atoms with Gasteiger partial charge in [0.1, 0.15) is 5.78 Å². The van der Waals surface area contributed by atoms with Gasteiger partial charge in [0.2, 0.25) is 0 Å². The van der Waals surface area contributed by atoms with Gasteiger partial charge in [-0.3, -0.25) is 9.69 Å². The molecule has 58 valence electrons. The van der Waals surface area contributed by atoms with Crippen molar-refractivity contribution in [3.05, 3.63) is 0 Å². The third kappa shape index (κ3) is 2.20. The molecule has 0 spiro atoms. The Bertz CT molecular complexity index is 126. The molecule has 1 saturated heterocycles. The number of hydrogen-bond donors (Lipinski definition) is 0. The van der Waals surface area contributed by atoms with Crippen LogP contribution in [0.4, 0.5) is 0 Å². The summed E-state index contributed by atoms with van der Waals surface area (Å²) < 4.78 is 0.575. The second-order valence-corrected chi connectivity index (χ2v) is 4.45. The standard InChI is InChI=1S/C7H12INO/c1-6(8)9-4-2-7(10)3-5-9/h6H,2-5H2,1H3. The number of hydrogen-bond acceptors (Lipinski definition) is 2. The maximum Gasteiger partial charge on any atom is 0.135 e. The summed E-state index contributed by atoms with van der Waals surface area (Å²) in [6, 6.07) is 0. The zero-order valence-electron chi connectivity index (χ0n) is 6.14. The molecular formula is C7H12INO. The van der Waals surface area contributed by atoms with E-state index in [2.05, 4.69) is 34.4 Å². The molecule has 3 heteroatoms. The van der Waals surface area contributed by atoms with Crippen LogP contribution in [-0.2, 0) is 4.79 Å². The quantitative estimate of drug-likeness (QED) is 0.400. The van der Waals surface area contributed by atoms with Crippen molar-refractivity contribution in [1.82, 2.24) is 4.90 Å². The first kappa shape index (κ1) is 8.46. The molecule has 10 heavy (non-hydrogen) atoms. The average Bonchev–Trinajstić information content (AvgIpc) is 1.88. The molecule has 0 radical (unpaired) electrons. The van der Waals surface area contributed by atoms with Crippen LogP contribution in [0.1, 0.15) is 19.8 Å². The third-order valence-corrected chi connectivity index (χ3v) is 2.65. The Morgan fingerprint density at radius 2 is 2.00 bits per heavy atom. The van der Waals surface area contributed by atoms with Crippen molar-refractivity contribution in [1.29, 1.82) is 0 Å². The number of Topliss-reactive ketones (excluding diaryl/α,β-unsaturated/α-hetero) is 1. The summed E-state index contributed by atoms with van der Waals surface area (Å²) >= 11 is 2.38. The van der Waals surface area contributed by atoms with E-state index >= 15 is 0 Å². The number of halogens is 1. The van der Waals surface area contributed by atoms with Crippen molar-refractivity contribution in [2.24, 2.45) is 0 Å². The molecule has 1 aliphatic rings. The molecule has 1 fully saturated rings. The molecule has 0 aromatic carbocycles. The first-order valence-corrected chi connectivity index (χ1v) is 4.84. The van der Waals surface area contributed by atoms with Crippen molar-refractivity contribution in [2.45, 2.75) is 23.8 Å². The lowest BCUT2D eigenvalue weighted by Crippen LogP contribution is -2.37. The summed E-state index contributed by atoms with van der Waals surface area (Å²) in [7, 11) is 0. The molecule has 1 rings (SSSR count). The number of carbonyl (C=O) groups is 1. The molecule has 1 aliphatic heterocycles. The van der Waals surface area contributed by atoms with E-state index < -0.39 is 0 Å². The number of ketones is 1. The highest BCUT2D eigenvalue weighted by molar-refractivity contribution is 14.1.